The van der Waals surface area contributed by atoms with Crippen LogP contribution in [0.4, 0.5) is 10.3 Å². The maximum Gasteiger partial charge on any atom is 0.245 e. The fraction of sp³-hybridized carbons (Fsp3) is 0.455. The second kappa shape index (κ2) is 7.79. The van der Waals surface area contributed by atoms with Gasteiger partial charge < -0.3 is 24.6 Å². The van der Waals surface area contributed by atoms with Crippen LogP contribution in [0.25, 0.3) is 16.9 Å². The Balaban J connectivity index is 1.36. The summed E-state index contributed by atoms with van der Waals surface area (Å²) in [6.07, 6.45) is 6.77. The van der Waals surface area contributed by atoms with Gasteiger partial charge in [0.25, 0.3) is 0 Å². The van der Waals surface area contributed by atoms with E-state index in [0.29, 0.717) is 30.0 Å². The number of aromatic hydroxyl groups is 1. The number of methoxy groups -OCH3 is 1. The van der Waals surface area contributed by atoms with Gasteiger partial charge in [0, 0.05) is 44.2 Å². The summed E-state index contributed by atoms with van der Waals surface area (Å²) in [5.74, 6) is 0.403. The Morgan fingerprint density at radius 2 is 2.19 bits per heavy atom. The number of alkyl halides is 1. The minimum absolute atomic E-state index is 0.00802. The molecule has 10 heteroatoms. The number of benzene rings is 1. The minimum Gasteiger partial charge on any atom is -0.507 e. The largest absolute Gasteiger partial charge is 0.507 e. The third-order valence-electron chi connectivity index (χ3n) is 6.76. The zero-order valence-corrected chi connectivity index (χ0v) is 18.2. The van der Waals surface area contributed by atoms with E-state index >= 15 is 4.39 Å². The third kappa shape index (κ3) is 3.39. The van der Waals surface area contributed by atoms with Crippen LogP contribution in [-0.4, -0.2) is 73.9 Å². The molecule has 2 aliphatic heterocycles. The highest BCUT2D eigenvalue weighted by molar-refractivity contribution is 5.68. The summed E-state index contributed by atoms with van der Waals surface area (Å²) >= 11 is 0. The van der Waals surface area contributed by atoms with E-state index in [2.05, 4.69) is 25.5 Å². The van der Waals surface area contributed by atoms with Crippen LogP contribution < -0.4 is 10.2 Å². The number of nitrogens with one attached hydrogen (secondary N) is 1. The number of piperidine rings is 1. The number of anilines is 1. The first-order valence-corrected chi connectivity index (χ1v) is 10.6. The van der Waals surface area contributed by atoms with Gasteiger partial charge in [0.05, 0.1) is 35.9 Å². The van der Waals surface area contributed by atoms with Crippen molar-refractivity contribution in [3.8, 4) is 22.7 Å². The highest BCUT2D eigenvalue weighted by Gasteiger charge is 2.55. The molecule has 2 aromatic heterocycles. The highest BCUT2D eigenvalue weighted by Crippen LogP contribution is 2.41. The summed E-state index contributed by atoms with van der Waals surface area (Å²) in [7, 11) is 3.47. The molecule has 4 heterocycles. The van der Waals surface area contributed by atoms with Crippen molar-refractivity contribution in [1.82, 2.24) is 30.0 Å². The van der Waals surface area contributed by atoms with Crippen LogP contribution in [0.1, 0.15) is 19.8 Å². The van der Waals surface area contributed by atoms with Crippen molar-refractivity contribution < 1.29 is 14.2 Å². The zero-order valence-electron chi connectivity index (χ0n) is 18.2. The lowest BCUT2D eigenvalue weighted by molar-refractivity contribution is 0.0871. The van der Waals surface area contributed by atoms with E-state index < -0.39 is 11.7 Å². The molecule has 9 nitrogen and oxygen atoms in total. The van der Waals surface area contributed by atoms with E-state index in [0.717, 1.165) is 5.69 Å². The van der Waals surface area contributed by atoms with Gasteiger partial charge in [-0.2, -0.15) is 0 Å². The van der Waals surface area contributed by atoms with Crippen LogP contribution in [0, 0.1) is 0 Å². The number of ether oxygens (including phenoxy) is 1. The molecule has 5 atom stereocenters. The molecule has 1 aromatic carbocycles. The van der Waals surface area contributed by atoms with Gasteiger partial charge in [-0.25, -0.2) is 14.4 Å². The molecule has 2 bridgehead atoms. The number of nitrogens with zero attached hydrogens (tertiary/aromatic N) is 6. The van der Waals surface area contributed by atoms with Crippen LogP contribution in [0.2, 0.25) is 0 Å². The van der Waals surface area contributed by atoms with E-state index in [-0.39, 0.29) is 23.9 Å². The van der Waals surface area contributed by atoms with E-state index in [1.165, 1.54) is 0 Å². The number of aromatic nitrogens is 5. The summed E-state index contributed by atoms with van der Waals surface area (Å²) in [5, 5.41) is 22.4. The molecule has 3 aromatic rings. The Hall–Kier alpha value is -3.11. The first kappa shape index (κ1) is 20.8. The van der Waals surface area contributed by atoms with Crippen molar-refractivity contribution in [2.75, 3.05) is 19.1 Å². The molecule has 0 amide bonds. The molecule has 2 fully saturated rings. The van der Waals surface area contributed by atoms with Crippen LogP contribution in [-0.2, 0) is 4.74 Å². The molecule has 5 rings (SSSR count). The van der Waals surface area contributed by atoms with Crippen LogP contribution in [0.15, 0.2) is 43.1 Å². The van der Waals surface area contributed by atoms with Crippen molar-refractivity contribution in [1.29, 1.82) is 0 Å². The van der Waals surface area contributed by atoms with Gasteiger partial charge in [0.1, 0.15) is 17.6 Å². The average Bonchev–Trinajstić information content (AvgIpc) is 3.43. The number of halogens is 1. The predicted molar refractivity (Wildman–Crippen MR) is 116 cm³/mol. The monoisotopic (exact) mass is 439 g/mol. The topological polar surface area (TPSA) is 101 Å². The molecule has 0 spiro atoms. The van der Waals surface area contributed by atoms with Gasteiger partial charge in [0.2, 0.25) is 5.95 Å². The Labute approximate surface area is 185 Å². The Bertz CT molecular complexity index is 1090. The number of phenols is 1. The number of hydrogen-bond acceptors (Lipinski definition) is 8. The number of fused-ring (bicyclic) bond motifs is 2. The minimum atomic E-state index is -1.10. The Morgan fingerprint density at radius 1 is 1.34 bits per heavy atom. The molecule has 0 radical (unpaired) electrons. The molecular formula is C22H26FN7O2. The lowest BCUT2D eigenvalue weighted by Gasteiger charge is -2.43. The van der Waals surface area contributed by atoms with E-state index in [1.807, 2.05) is 13.0 Å². The summed E-state index contributed by atoms with van der Waals surface area (Å²) < 4.78 is 22.8. The average molecular weight is 439 g/mol. The van der Waals surface area contributed by atoms with E-state index in [9.17, 15) is 5.11 Å². The summed E-state index contributed by atoms with van der Waals surface area (Å²) in [4.78, 5) is 10.2. The van der Waals surface area contributed by atoms with Crippen molar-refractivity contribution in [3.05, 3.63) is 43.1 Å². The SMILES string of the molecule is CO[C@@H]1C[C@]2(C)N[C@H]1C[C@@H](N(C)c1ncc(-c3ccc(-n4ccnc4)cc3O)nn1)[C@@H]2F. The normalized spacial score (nSPS) is 29.2. The first-order chi connectivity index (χ1) is 15.4. The molecule has 2 saturated heterocycles. The summed E-state index contributed by atoms with van der Waals surface area (Å²) in [6, 6.07) is 4.94. The maximum absolute atomic E-state index is 15.4. The summed E-state index contributed by atoms with van der Waals surface area (Å²) in [5.41, 5.74) is 1.09. The quantitative estimate of drug-likeness (QED) is 0.624. The standard InChI is InChI=1S/C22H26FN7O2/c1-22-10-19(32-3)15(26-22)9-17(20(22)23)29(2)21-25-11-16(27-28-21)14-5-4-13(8-18(14)31)30-7-6-24-12-30/h4-8,11-12,15,17,19-20,26,31H,9-10H2,1-3H3/t15-,17+,19+,20-,22-/m0/s1. The van der Waals surface area contributed by atoms with Crippen LogP contribution >= 0.6 is 0 Å². The number of imidazole rings is 1. The lowest BCUT2D eigenvalue weighted by atomic mass is 9.86. The van der Waals surface area contributed by atoms with Gasteiger partial charge in [-0.05, 0) is 31.9 Å². The molecule has 32 heavy (non-hydrogen) atoms. The highest BCUT2D eigenvalue weighted by atomic mass is 19.1. The number of phenolic OH excluding ortho intramolecular Hbond substituents is 1. The Kier molecular flexibility index (Phi) is 5.06. The fourth-order valence-electron chi connectivity index (χ4n) is 4.96. The van der Waals surface area contributed by atoms with Crippen molar-refractivity contribution in [3.63, 3.8) is 0 Å². The number of rotatable bonds is 5. The molecule has 0 aliphatic carbocycles. The van der Waals surface area contributed by atoms with Crippen LogP contribution in [0.3, 0.4) is 0 Å². The molecule has 0 saturated carbocycles. The van der Waals surface area contributed by atoms with Gasteiger partial charge in [-0.3, -0.25) is 0 Å². The molecular weight excluding hydrogens is 413 g/mol. The summed E-state index contributed by atoms with van der Waals surface area (Å²) in [6.45, 7) is 1.90. The van der Waals surface area contributed by atoms with Crippen molar-refractivity contribution >= 4 is 5.95 Å². The Morgan fingerprint density at radius 3 is 2.84 bits per heavy atom. The molecule has 2 N–H and O–H groups in total. The van der Waals surface area contributed by atoms with Gasteiger partial charge >= 0.3 is 0 Å². The maximum atomic E-state index is 15.4. The van der Waals surface area contributed by atoms with Crippen molar-refractivity contribution in [2.45, 2.75) is 49.7 Å². The van der Waals surface area contributed by atoms with Gasteiger partial charge in [0.15, 0.2) is 0 Å². The van der Waals surface area contributed by atoms with Crippen LogP contribution in [0.5, 0.6) is 5.75 Å². The van der Waals surface area contributed by atoms with Gasteiger partial charge in [-0.1, -0.05) is 0 Å². The van der Waals surface area contributed by atoms with E-state index in [4.69, 9.17) is 4.74 Å². The molecule has 168 valence electrons. The molecule has 0 unspecified atom stereocenters. The second-order valence-corrected chi connectivity index (χ2v) is 8.78. The van der Waals surface area contributed by atoms with Crippen molar-refractivity contribution in [2.24, 2.45) is 0 Å². The first-order valence-electron chi connectivity index (χ1n) is 10.6. The van der Waals surface area contributed by atoms with Gasteiger partial charge in [-0.15, -0.1) is 10.2 Å². The smallest absolute Gasteiger partial charge is 0.245 e. The second-order valence-electron chi connectivity index (χ2n) is 8.78. The number of hydrogen-bond donors (Lipinski definition) is 2. The predicted octanol–water partition coefficient (Wildman–Crippen LogP) is 2.11. The van der Waals surface area contributed by atoms with E-state index in [1.54, 1.807) is 60.7 Å². The fourth-order valence-corrected chi connectivity index (χ4v) is 4.96. The molecule has 2 aliphatic rings. The zero-order chi connectivity index (χ0) is 22.5. The lowest BCUT2D eigenvalue weighted by Crippen LogP contribution is -2.62. The third-order valence-corrected chi connectivity index (χ3v) is 6.76.